The average molecular weight is 335 g/mol. The Balaban J connectivity index is 1.95. The largest absolute Gasteiger partial charge is 0.369 e. The van der Waals surface area contributed by atoms with Gasteiger partial charge in [0.1, 0.15) is 0 Å². The molecule has 3 aromatic rings. The van der Waals surface area contributed by atoms with Crippen LogP contribution < -0.4 is 11.3 Å². The van der Waals surface area contributed by atoms with Crippen LogP contribution >= 0.6 is 7.60 Å². The summed E-state index contributed by atoms with van der Waals surface area (Å²) in [5.74, 6) is -0.000463. The smallest absolute Gasteiger partial charge is 0.329 e. The van der Waals surface area contributed by atoms with Crippen LogP contribution in [0.4, 0.5) is 5.95 Å². The number of nitrogen functional groups attached to an aromatic ring is 1. The fourth-order valence-corrected chi connectivity index (χ4v) is 3.02. The van der Waals surface area contributed by atoms with Crippen molar-refractivity contribution in [2.24, 2.45) is 0 Å². The third kappa shape index (κ3) is 3.48. The molecule has 0 aliphatic carbocycles. The molecule has 2 aromatic heterocycles. The molecule has 0 aliphatic rings. The number of imidazole rings is 1. The molecule has 1 aromatic carbocycles. The van der Waals surface area contributed by atoms with Gasteiger partial charge in [-0.2, -0.15) is 4.98 Å². The summed E-state index contributed by atoms with van der Waals surface area (Å²) in [5, 5.41) is 0. The Labute approximate surface area is 130 Å². The molecule has 3 rings (SSSR count). The molecule has 0 atom stereocenters. The first-order valence-electron chi connectivity index (χ1n) is 6.65. The number of nitrogens with one attached hydrogen (secondary N) is 1. The van der Waals surface area contributed by atoms with Gasteiger partial charge < -0.3 is 20.1 Å². The molecule has 0 bridgehead atoms. The first-order valence-corrected chi connectivity index (χ1v) is 8.44. The first kappa shape index (κ1) is 15.4. The zero-order valence-electron chi connectivity index (χ0n) is 11.9. The van der Waals surface area contributed by atoms with Gasteiger partial charge in [-0.05, 0) is 11.1 Å². The molecule has 120 valence electrons. The van der Waals surface area contributed by atoms with Gasteiger partial charge in [0.2, 0.25) is 5.95 Å². The summed E-state index contributed by atoms with van der Waals surface area (Å²) < 4.78 is 12.7. The summed E-state index contributed by atoms with van der Waals surface area (Å²) in [6, 6.07) is 6.87. The average Bonchev–Trinajstić information content (AvgIpc) is 2.80. The van der Waals surface area contributed by atoms with Crippen LogP contribution in [0.3, 0.4) is 0 Å². The van der Waals surface area contributed by atoms with Crippen LogP contribution in [0.15, 0.2) is 35.4 Å². The van der Waals surface area contributed by atoms with E-state index in [9.17, 15) is 9.36 Å². The van der Waals surface area contributed by atoms with Gasteiger partial charge in [-0.1, -0.05) is 24.3 Å². The number of fused-ring (bicyclic) bond motifs is 1. The minimum atomic E-state index is -4.12. The van der Waals surface area contributed by atoms with E-state index in [4.69, 9.17) is 15.5 Å². The highest BCUT2D eigenvalue weighted by Gasteiger charge is 2.14. The highest BCUT2D eigenvalue weighted by Crippen LogP contribution is 2.39. The zero-order chi connectivity index (χ0) is 16.6. The molecule has 0 unspecified atom stereocenters. The Hall–Kier alpha value is -2.48. The second-order valence-corrected chi connectivity index (χ2v) is 6.78. The van der Waals surface area contributed by atoms with E-state index in [-0.39, 0.29) is 17.6 Å². The van der Waals surface area contributed by atoms with E-state index in [1.165, 1.54) is 6.33 Å². The molecule has 9 nitrogen and oxygen atoms in total. The number of rotatable bonds is 4. The van der Waals surface area contributed by atoms with Crippen molar-refractivity contribution in [1.82, 2.24) is 19.5 Å². The molecule has 0 saturated heterocycles. The number of benzene rings is 1. The van der Waals surface area contributed by atoms with E-state index in [0.29, 0.717) is 17.8 Å². The van der Waals surface area contributed by atoms with Crippen LogP contribution in [0.1, 0.15) is 11.1 Å². The molecule has 0 radical (unpaired) electrons. The summed E-state index contributed by atoms with van der Waals surface area (Å²) in [7, 11) is -4.12. The predicted molar refractivity (Wildman–Crippen MR) is 83.9 cm³/mol. The van der Waals surface area contributed by atoms with Crippen LogP contribution in [0.5, 0.6) is 0 Å². The Morgan fingerprint density at radius 3 is 2.78 bits per heavy atom. The lowest BCUT2D eigenvalue weighted by molar-refractivity contribution is 0.371. The normalized spacial score (nSPS) is 11.9. The van der Waals surface area contributed by atoms with Crippen molar-refractivity contribution in [3.05, 3.63) is 52.1 Å². The minimum Gasteiger partial charge on any atom is -0.369 e. The van der Waals surface area contributed by atoms with Gasteiger partial charge in [-0.25, -0.2) is 4.98 Å². The fourth-order valence-electron chi connectivity index (χ4n) is 2.35. The van der Waals surface area contributed by atoms with Crippen LogP contribution in [-0.4, -0.2) is 29.3 Å². The van der Waals surface area contributed by atoms with E-state index in [0.717, 1.165) is 5.56 Å². The lowest BCUT2D eigenvalue weighted by atomic mass is 10.1. The van der Waals surface area contributed by atoms with Crippen molar-refractivity contribution in [2.75, 3.05) is 5.73 Å². The van der Waals surface area contributed by atoms with Crippen molar-refractivity contribution in [2.45, 2.75) is 12.7 Å². The van der Waals surface area contributed by atoms with Gasteiger partial charge in [-0.15, -0.1) is 0 Å². The number of H-pyrrole nitrogens is 1. The van der Waals surface area contributed by atoms with Crippen LogP contribution in [0.2, 0.25) is 0 Å². The molecule has 0 amide bonds. The first-order chi connectivity index (χ1) is 10.8. The molecular formula is C13H14N5O4P. The molecule has 10 heteroatoms. The predicted octanol–water partition coefficient (Wildman–Crippen LogP) is 0.428. The molecule has 0 saturated carbocycles. The van der Waals surface area contributed by atoms with E-state index in [2.05, 4.69) is 15.0 Å². The Bertz CT molecular complexity index is 974. The molecule has 0 fully saturated rings. The number of hydrogen-bond acceptors (Lipinski definition) is 5. The number of nitrogens with two attached hydrogens (primary N) is 1. The Morgan fingerprint density at radius 1 is 1.30 bits per heavy atom. The molecule has 23 heavy (non-hydrogen) atoms. The van der Waals surface area contributed by atoms with Gasteiger partial charge in [0, 0.05) is 0 Å². The summed E-state index contributed by atoms with van der Waals surface area (Å²) in [5.41, 5.74) is 7.00. The van der Waals surface area contributed by atoms with Gasteiger partial charge in [-0.3, -0.25) is 14.3 Å². The summed E-state index contributed by atoms with van der Waals surface area (Å²) >= 11 is 0. The molecule has 2 heterocycles. The highest BCUT2D eigenvalue weighted by molar-refractivity contribution is 7.50. The lowest BCUT2D eigenvalue weighted by Gasteiger charge is -2.08. The Kier molecular flexibility index (Phi) is 3.77. The van der Waals surface area contributed by atoms with E-state index in [1.54, 1.807) is 22.8 Å². The summed E-state index contributed by atoms with van der Waals surface area (Å²) in [4.78, 5) is 40.3. The molecular weight excluding hydrogens is 321 g/mol. The topological polar surface area (TPSA) is 147 Å². The second-order valence-electron chi connectivity index (χ2n) is 5.14. The molecule has 5 N–H and O–H groups in total. The highest BCUT2D eigenvalue weighted by atomic mass is 31.2. The Morgan fingerprint density at radius 2 is 2.04 bits per heavy atom. The van der Waals surface area contributed by atoms with Crippen molar-refractivity contribution in [1.29, 1.82) is 0 Å². The monoisotopic (exact) mass is 335 g/mol. The van der Waals surface area contributed by atoms with Gasteiger partial charge in [0.25, 0.3) is 5.56 Å². The maximum atomic E-state index is 11.7. The van der Waals surface area contributed by atoms with E-state index < -0.39 is 13.2 Å². The van der Waals surface area contributed by atoms with E-state index >= 15 is 0 Å². The third-order valence-electron chi connectivity index (χ3n) is 3.23. The number of hydrogen-bond donors (Lipinski definition) is 4. The van der Waals surface area contributed by atoms with Crippen LogP contribution in [-0.2, 0) is 17.3 Å². The van der Waals surface area contributed by atoms with Crippen molar-refractivity contribution in [3.8, 4) is 0 Å². The number of aromatic nitrogens is 4. The standard InChI is InChI=1S/C13H14N5O4P/c14-13-16-11-10(12(19)17-13)15-7-18(11)5-8-2-1-3-9(4-8)6-23(20,21)22/h1-4,7H,5-6H2,(H2,20,21,22)(H3,14,16,17,19). The summed E-state index contributed by atoms with van der Waals surface area (Å²) in [6.07, 6.45) is 1.15. The van der Waals surface area contributed by atoms with Crippen LogP contribution in [0.25, 0.3) is 11.2 Å². The van der Waals surface area contributed by atoms with Crippen molar-refractivity contribution in [3.63, 3.8) is 0 Å². The molecule has 0 aliphatic heterocycles. The molecule has 0 spiro atoms. The number of aromatic amines is 1. The van der Waals surface area contributed by atoms with Gasteiger partial charge >= 0.3 is 7.60 Å². The van der Waals surface area contributed by atoms with Crippen molar-refractivity contribution >= 4 is 24.7 Å². The van der Waals surface area contributed by atoms with Crippen LogP contribution in [0, 0.1) is 0 Å². The number of anilines is 1. The van der Waals surface area contributed by atoms with Gasteiger partial charge in [0.15, 0.2) is 11.2 Å². The van der Waals surface area contributed by atoms with Crippen molar-refractivity contribution < 1.29 is 14.4 Å². The third-order valence-corrected chi connectivity index (χ3v) is 4.00. The zero-order valence-corrected chi connectivity index (χ0v) is 12.8. The maximum Gasteiger partial charge on any atom is 0.329 e. The van der Waals surface area contributed by atoms with Gasteiger partial charge in [0.05, 0.1) is 19.0 Å². The minimum absolute atomic E-state index is 0.000463. The van der Waals surface area contributed by atoms with E-state index in [1.807, 2.05) is 6.07 Å². The SMILES string of the molecule is Nc1nc2c(ncn2Cc2cccc(CP(=O)(O)O)c2)c(=O)[nH]1. The quantitative estimate of drug-likeness (QED) is 0.505. The summed E-state index contributed by atoms with van der Waals surface area (Å²) in [6.45, 7) is 0.349. The number of nitrogens with zero attached hydrogens (tertiary/aromatic N) is 3. The fraction of sp³-hybridized carbons (Fsp3) is 0.154. The second kappa shape index (κ2) is 5.62. The lowest BCUT2D eigenvalue weighted by Crippen LogP contribution is -2.12. The maximum absolute atomic E-state index is 11.7.